The van der Waals surface area contributed by atoms with Gasteiger partial charge in [-0.3, -0.25) is 33.9 Å². The first-order chi connectivity index (χ1) is 28.7. The van der Waals surface area contributed by atoms with Crippen molar-refractivity contribution in [2.24, 2.45) is 0 Å². The average molecular weight is 800 g/mol. The van der Waals surface area contributed by atoms with E-state index in [1.165, 1.54) is 12.0 Å². The molecule has 0 radical (unpaired) electrons. The number of imide groups is 1. The Bertz CT molecular complexity index is 2380. The lowest BCUT2D eigenvalue weighted by Gasteiger charge is -2.42. The van der Waals surface area contributed by atoms with E-state index < -0.39 is 11.9 Å². The lowest BCUT2D eigenvalue weighted by molar-refractivity contribution is -0.137. The van der Waals surface area contributed by atoms with E-state index in [1.54, 1.807) is 48.9 Å². The van der Waals surface area contributed by atoms with E-state index in [9.17, 15) is 24.0 Å². The van der Waals surface area contributed by atoms with Crippen molar-refractivity contribution in [3.63, 3.8) is 0 Å². The highest BCUT2D eigenvalue weighted by molar-refractivity contribution is 6.07. The zero-order valence-electron chi connectivity index (χ0n) is 32.9. The maximum Gasteiger partial charge on any atom is 0.293 e. The Labute approximate surface area is 340 Å². The number of imidazole rings is 1. The fraction of sp³-hybridized carbons (Fsp3) is 0.405. The molecule has 5 amide bonds. The molecule has 1 saturated carbocycles. The maximum atomic E-state index is 13.1. The number of ether oxygens (including phenoxy) is 1. The molecule has 17 nitrogen and oxygen atoms in total. The second kappa shape index (κ2) is 16.6. The molecule has 2 atom stereocenters. The van der Waals surface area contributed by atoms with Gasteiger partial charge < -0.3 is 35.3 Å². The summed E-state index contributed by atoms with van der Waals surface area (Å²) in [5, 5.41) is 11.4. The van der Waals surface area contributed by atoms with Crippen LogP contribution in [0.4, 0.5) is 29.0 Å². The summed E-state index contributed by atoms with van der Waals surface area (Å²) in [6.45, 7) is 10.4. The number of aromatic nitrogens is 4. The summed E-state index contributed by atoms with van der Waals surface area (Å²) >= 11 is 0. The molecule has 3 aliphatic heterocycles. The molecular weight excluding hydrogens is 755 g/mol. The molecular formula is C42H45N11O6. The van der Waals surface area contributed by atoms with Crippen LogP contribution in [-0.4, -0.2) is 79.7 Å². The number of carbonyl (C=O) groups excluding carboxylic acids is 5. The highest BCUT2D eigenvalue weighted by Crippen LogP contribution is 2.46. The van der Waals surface area contributed by atoms with Crippen molar-refractivity contribution in [2.75, 3.05) is 29.2 Å². The lowest BCUT2D eigenvalue weighted by atomic mass is 10.0. The SMILES string of the molecule is [C-]#[N+]c1ncn2c1[C@@H](CC)N(C1CCCC1)c1nc(Nc3ccc(C(=O)NCCCCC(=O)Nc4cccc5c4CN(C4CCC(=O)NC4=O)C5=O)cc3OC)ncc1-2. The van der Waals surface area contributed by atoms with E-state index in [2.05, 4.69) is 47.9 Å². The summed E-state index contributed by atoms with van der Waals surface area (Å²) in [6, 6.07) is 9.67. The van der Waals surface area contributed by atoms with Crippen LogP contribution >= 0.6 is 0 Å². The van der Waals surface area contributed by atoms with Crippen LogP contribution in [0.5, 0.6) is 5.75 Å². The Morgan fingerprint density at radius 1 is 1.05 bits per heavy atom. The zero-order chi connectivity index (χ0) is 41.2. The molecule has 0 spiro atoms. The van der Waals surface area contributed by atoms with Gasteiger partial charge in [0.2, 0.25) is 23.7 Å². The maximum absolute atomic E-state index is 13.1. The highest BCUT2D eigenvalue weighted by Gasteiger charge is 2.41. The molecule has 1 saturated heterocycles. The Kier molecular flexibility index (Phi) is 11.0. The number of piperidine rings is 1. The number of nitrogens with zero attached hydrogens (tertiary/aromatic N) is 7. The minimum Gasteiger partial charge on any atom is -0.495 e. The standard InChI is InChI=1S/C42H45N11O6/c1-4-30-36-37(43-2)46-23-52(36)32-21-45-42(50-38(32)53(30)25-10-5-6-11-25)48-29-16-15-24(20-33(29)59-3)39(56)44-19-8-7-14-34(54)47-28-13-9-12-26-27(28)22-51(41(26)58)31-17-18-35(55)49-40(31)57/h9,12-13,15-16,20-21,23,25,30-31H,4-8,10-11,14,17-19,22H2,1,3H3,(H,44,56)(H,47,54)(H,45,48,50)(H,49,55,57)/t30-,31?/m1/s1. The number of unbranched alkanes of at least 4 members (excludes halogenated alkanes) is 1. The van der Waals surface area contributed by atoms with Crippen LogP contribution < -0.4 is 30.9 Å². The number of hydrogen-bond acceptors (Lipinski definition) is 11. The molecule has 4 aliphatic rings. The summed E-state index contributed by atoms with van der Waals surface area (Å²) in [6.07, 6.45) is 10.3. The van der Waals surface area contributed by atoms with Crippen molar-refractivity contribution in [2.45, 2.75) is 95.8 Å². The minimum absolute atomic E-state index is 0.0470. The second-order valence-electron chi connectivity index (χ2n) is 15.1. The molecule has 17 heteroatoms. The van der Waals surface area contributed by atoms with Gasteiger partial charge in [0, 0.05) is 54.4 Å². The molecule has 4 aromatic rings. The van der Waals surface area contributed by atoms with E-state index in [-0.39, 0.29) is 61.5 Å². The number of hydrogen-bond donors (Lipinski definition) is 4. The number of fused-ring (bicyclic) bond motifs is 4. The van der Waals surface area contributed by atoms with E-state index in [0.29, 0.717) is 65.0 Å². The van der Waals surface area contributed by atoms with Gasteiger partial charge in [-0.2, -0.15) is 4.98 Å². The second-order valence-corrected chi connectivity index (χ2v) is 15.1. The number of benzene rings is 2. The van der Waals surface area contributed by atoms with Crippen molar-refractivity contribution in [3.05, 3.63) is 82.7 Å². The average Bonchev–Trinajstić information content (AvgIpc) is 4.00. The van der Waals surface area contributed by atoms with Crippen molar-refractivity contribution in [1.82, 2.24) is 35.1 Å². The molecule has 1 aliphatic carbocycles. The lowest BCUT2D eigenvalue weighted by Crippen LogP contribution is -2.52. The first-order valence-electron chi connectivity index (χ1n) is 20.1. The number of amides is 5. The summed E-state index contributed by atoms with van der Waals surface area (Å²) < 4.78 is 7.61. The summed E-state index contributed by atoms with van der Waals surface area (Å²) in [7, 11) is 1.53. The van der Waals surface area contributed by atoms with Crippen molar-refractivity contribution < 1.29 is 28.7 Å². The first kappa shape index (κ1) is 39.0. The number of anilines is 4. The predicted octanol–water partition coefficient (Wildman–Crippen LogP) is 5.48. The molecule has 1 unspecified atom stereocenters. The normalized spacial score (nSPS) is 18.4. The fourth-order valence-electron chi connectivity index (χ4n) is 8.69. The van der Waals surface area contributed by atoms with Crippen LogP contribution in [-0.2, 0) is 20.9 Å². The number of rotatable bonds is 13. The summed E-state index contributed by atoms with van der Waals surface area (Å²) in [5.74, 6) is 0.317. The van der Waals surface area contributed by atoms with Gasteiger partial charge in [-0.05, 0) is 68.9 Å². The van der Waals surface area contributed by atoms with Crippen LogP contribution in [0.2, 0.25) is 0 Å². The monoisotopic (exact) mass is 799 g/mol. The third kappa shape index (κ3) is 7.53. The highest BCUT2D eigenvalue weighted by atomic mass is 16.5. The van der Waals surface area contributed by atoms with Gasteiger partial charge in [-0.25, -0.2) is 4.98 Å². The van der Waals surface area contributed by atoms with E-state index in [4.69, 9.17) is 16.3 Å². The smallest absolute Gasteiger partial charge is 0.293 e. The summed E-state index contributed by atoms with van der Waals surface area (Å²) in [4.78, 5) is 84.8. The molecule has 2 fully saturated rings. The van der Waals surface area contributed by atoms with Crippen LogP contribution in [0.15, 0.2) is 48.9 Å². The van der Waals surface area contributed by atoms with Gasteiger partial charge in [0.25, 0.3) is 17.6 Å². The van der Waals surface area contributed by atoms with Gasteiger partial charge in [0.1, 0.15) is 17.5 Å². The van der Waals surface area contributed by atoms with Crippen LogP contribution in [0.1, 0.15) is 109 Å². The van der Waals surface area contributed by atoms with Crippen molar-refractivity contribution >= 4 is 58.5 Å². The van der Waals surface area contributed by atoms with E-state index in [1.807, 2.05) is 4.57 Å². The van der Waals surface area contributed by atoms with Gasteiger partial charge in [-0.1, -0.05) is 32.4 Å². The third-order valence-electron chi connectivity index (χ3n) is 11.6. The molecule has 8 rings (SSSR count). The van der Waals surface area contributed by atoms with Gasteiger partial charge in [0.05, 0.1) is 30.7 Å². The quantitative estimate of drug-likeness (QED) is 0.0760. The zero-order valence-corrected chi connectivity index (χ0v) is 32.9. The van der Waals surface area contributed by atoms with Crippen LogP contribution in [0, 0.1) is 6.57 Å². The Hall–Kier alpha value is -6.83. The summed E-state index contributed by atoms with van der Waals surface area (Å²) in [5.41, 5.74) is 4.20. The van der Waals surface area contributed by atoms with Crippen molar-refractivity contribution in [3.8, 4) is 11.4 Å². The minimum atomic E-state index is -0.742. The topological polar surface area (TPSA) is 197 Å². The number of nitrogens with one attached hydrogen (secondary N) is 4. The molecule has 0 bridgehead atoms. The first-order valence-corrected chi connectivity index (χ1v) is 20.1. The van der Waals surface area contributed by atoms with Crippen LogP contribution in [0.3, 0.4) is 0 Å². The van der Waals surface area contributed by atoms with Gasteiger partial charge in [0.15, 0.2) is 12.1 Å². The molecule has 2 aromatic heterocycles. The molecule has 4 N–H and O–H groups in total. The van der Waals surface area contributed by atoms with Gasteiger partial charge >= 0.3 is 0 Å². The van der Waals surface area contributed by atoms with E-state index >= 15 is 0 Å². The van der Waals surface area contributed by atoms with Crippen LogP contribution in [0.25, 0.3) is 10.5 Å². The molecule has 5 heterocycles. The Morgan fingerprint density at radius 2 is 1.88 bits per heavy atom. The number of carbonyl (C=O) groups is 5. The predicted molar refractivity (Wildman–Crippen MR) is 217 cm³/mol. The van der Waals surface area contributed by atoms with E-state index in [0.717, 1.165) is 49.3 Å². The van der Waals surface area contributed by atoms with Gasteiger partial charge in [-0.15, -0.1) is 4.98 Å². The molecule has 304 valence electrons. The largest absolute Gasteiger partial charge is 0.495 e. The third-order valence-corrected chi connectivity index (χ3v) is 11.6. The molecule has 2 aromatic carbocycles. The fourth-order valence-corrected chi connectivity index (χ4v) is 8.69. The Morgan fingerprint density at radius 3 is 2.64 bits per heavy atom. The van der Waals surface area contributed by atoms with Crippen molar-refractivity contribution in [1.29, 1.82) is 0 Å². The molecule has 59 heavy (non-hydrogen) atoms. The number of methoxy groups -OCH3 is 1. The Balaban J connectivity index is 0.857.